The van der Waals surface area contributed by atoms with Crippen LogP contribution in [0.1, 0.15) is 29.5 Å². The molecule has 6 amide bonds. The fraction of sp³-hybridized carbons (Fsp3) is 0.538. The van der Waals surface area contributed by atoms with Crippen molar-refractivity contribution in [1.29, 1.82) is 5.41 Å². The third-order valence-corrected chi connectivity index (χ3v) is 19.0. The minimum atomic E-state index is -2.41. The zero-order valence-electron chi connectivity index (χ0n) is 54.7. The van der Waals surface area contributed by atoms with E-state index in [-0.39, 0.29) is 30.4 Å². The molecule has 4 aromatic rings. The third-order valence-electron chi connectivity index (χ3n) is 19.0. The Kier molecular flexibility index (Phi) is 24.9. The van der Waals surface area contributed by atoms with Crippen LogP contribution in [0.4, 0.5) is 0 Å². The second-order valence-corrected chi connectivity index (χ2v) is 25.7. The molecule has 25 atom stereocenters. The molecule has 0 aromatic heterocycles. The average molecular weight is 1440 g/mol. The molecule has 24 N–H and O–H groups in total. The molecule has 0 spiro atoms. The maximum Gasteiger partial charge on any atom is 0.246 e. The number of carbonyl (C=O) groups is 6. The van der Waals surface area contributed by atoms with Gasteiger partial charge in [0.25, 0.3) is 0 Å². The molecule has 0 bridgehead atoms. The van der Waals surface area contributed by atoms with Crippen LogP contribution in [0.5, 0.6) is 5.75 Å². The molecule has 25 unspecified atom stereocenters. The number of nitrogens with two attached hydrogens (primary N) is 1. The number of hydrogen-bond donors (Lipinski definition) is 23. The molecule has 102 heavy (non-hydrogen) atoms. The first-order valence-corrected chi connectivity index (χ1v) is 32.8. The van der Waals surface area contributed by atoms with Gasteiger partial charge in [-0.05, 0) is 45.7 Å². The second-order valence-electron chi connectivity index (χ2n) is 25.7. The van der Waals surface area contributed by atoms with E-state index >= 15 is 14.4 Å². The Bertz CT molecular complexity index is 3630. The van der Waals surface area contributed by atoms with Crippen molar-refractivity contribution in [2.45, 2.75) is 172 Å². The van der Waals surface area contributed by atoms with Crippen LogP contribution >= 0.6 is 0 Å². The van der Waals surface area contributed by atoms with Crippen molar-refractivity contribution in [3.05, 3.63) is 114 Å². The molecule has 6 aliphatic rings. The topological polar surface area (TPSA) is 585 Å². The number of fused-ring (bicyclic) bond motifs is 1. The Hall–Kier alpha value is -8.42. The van der Waals surface area contributed by atoms with E-state index in [2.05, 4.69) is 42.2 Å². The summed E-state index contributed by atoms with van der Waals surface area (Å²) in [5, 5.41) is 182. The molecular formula is C65H86N12O25. The van der Waals surface area contributed by atoms with Crippen LogP contribution in [0.25, 0.3) is 10.8 Å². The standard InChI is InChI=1S/C65H86N12O25/c1-27(30-7-3-2-4-8-30)42-58(95)70-34(18-28-12-15-33(16-13-28)98-62-54(92)51(89)55(40(26-81)101-62)102-63-53(91)50(88)48(86)39(25-80)100-63)57(94)74-43(45(83)35-19-69-64(66)72-35)60(97)75-44(59(96)71-36(23-78)56(93)68-20-41(82)73-42)46(84)37-22-76(21-29-11-14-31-9-5-6-10-32(31)17-29)65(67)77(37)61-52(90)49(87)47(85)38(24-79)99-61/h2-17,27,34-40,42-55,61-63,67,78-81,83-92H,18-26H2,1H3,(H,68,93)(H,70,95)(H,71,96)(H,73,82)(H,74,94)(H,75,97)(H3,66,69,72). The Morgan fingerprint density at radius 2 is 1.16 bits per heavy atom. The van der Waals surface area contributed by atoms with E-state index in [1.807, 2.05) is 30.3 Å². The van der Waals surface area contributed by atoms with Crippen molar-refractivity contribution in [1.82, 2.24) is 47.0 Å². The number of benzene rings is 4. The normalized spacial score (nSPS) is 34.9. The van der Waals surface area contributed by atoms with Crippen LogP contribution in [0.3, 0.4) is 0 Å². The Balaban J connectivity index is 0.979. The largest absolute Gasteiger partial charge is 0.462 e. The van der Waals surface area contributed by atoms with Gasteiger partial charge in [0, 0.05) is 25.4 Å². The van der Waals surface area contributed by atoms with Crippen LogP contribution in [0.2, 0.25) is 0 Å². The monoisotopic (exact) mass is 1430 g/mol. The quantitative estimate of drug-likeness (QED) is 0.0414. The number of aliphatic hydroxyl groups excluding tert-OH is 14. The molecule has 37 nitrogen and oxygen atoms in total. The summed E-state index contributed by atoms with van der Waals surface area (Å²) in [4.78, 5) is 95.3. The third kappa shape index (κ3) is 16.8. The second kappa shape index (κ2) is 33.4. The highest BCUT2D eigenvalue weighted by molar-refractivity contribution is 5.98. The number of aliphatic imine (C=N–C) groups is 1. The first-order valence-electron chi connectivity index (χ1n) is 32.8. The molecule has 5 saturated heterocycles. The Labute approximate surface area is 581 Å². The molecule has 0 radical (unpaired) electrons. The summed E-state index contributed by atoms with van der Waals surface area (Å²) in [6.45, 7) is -4.09. The lowest BCUT2D eigenvalue weighted by atomic mass is 9.92. The number of amides is 6. The van der Waals surface area contributed by atoms with Crippen LogP contribution < -0.4 is 47.7 Å². The van der Waals surface area contributed by atoms with Gasteiger partial charge in [0.05, 0.1) is 51.6 Å². The Morgan fingerprint density at radius 1 is 0.578 bits per heavy atom. The molecule has 0 saturated carbocycles. The van der Waals surface area contributed by atoms with Gasteiger partial charge in [-0.2, -0.15) is 0 Å². The maximum atomic E-state index is 15.4. The molecule has 0 aliphatic carbocycles. The summed E-state index contributed by atoms with van der Waals surface area (Å²) in [6.07, 6.45) is -32.2. The van der Waals surface area contributed by atoms with Crippen LogP contribution in [0, 0.1) is 5.41 Å². The van der Waals surface area contributed by atoms with E-state index in [4.69, 9.17) is 29.4 Å². The van der Waals surface area contributed by atoms with Crippen molar-refractivity contribution < 1.29 is 124 Å². The highest BCUT2D eigenvalue weighted by atomic mass is 16.7. The van der Waals surface area contributed by atoms with E-state index in [1.54, 1.807) is 49.4 Å². The average Bonchev–Trinajstić information content (AvgIpc) is 1.54. The summed E-state index contributed by atoms with van der Waals surface area (Å²) >= 11 is 0. The summed E-state index contributed by atoms with van der Waals surface area (Å²) in [6, 6.07) is 13.3. The lowest BCUT2D eigenvalue weighted by Crippen LogP contribution is -2.69. The van der Waals surface area contributed by atoms with Gasteiger partial charge in [0.1, 0.15) is 121 Å². The van der Waals surface area contributed by atoms with Gasteiger partial charge in [-0.1, -0.05) is 85.8 Å². The highest BCUT2D eigenvalue weighted by Crippen LogP contribution is 2.34. The SMILES string of the molecule is CC(c1ccccc1)C1NC(=O)CNC(=O)C(CO)NC(=O)C(C(O)C2CN(Cc3ccc4ccccc4c3)C(=N)N2C2OC(CO)C(O)C(O)C2O)NC(=O)C(C(O)C2CN=C(N)N2)NC(=O)C(Cc2ccc(OC3OC(CO)C(OC4OC(CO)C(O)C(O)C4O)C(O)C3O)cc2)NC1=O. The predicted octanol–water partition coefficient (Wildman–Crippen LogP) is -10.3. The van der Waals surface area contributed by atoms with Crippen molar-refractivity contribution in [2.24, 2.45) is 10.7 Å². The van der Waals surface area contributed by atoms with Crippen LogP contribution in [-0.4, -0.2) is 321 Å². The lowest BCUT2D eigenvalue weighted by molar-refractivity contribution is -0.352. The van der Waals surface area contributed by atoms with Crippen molar-refractivity contribution >= 4 is 58.1 Å². The summed E-state index contributed by atoms with van der Waals surface area (Å²) in [5.41, 5.74) is 7.27. The summed E-state index contributed by atoms with van der Waals surface area (Å²) < 4.78 is 28.7. The minimum Gasteiger partial charge on any atom is -0.462 e. The lowest BCUT2D eigenvalue weighted by Gasteiger charge is -2.46. The molecule has 5 fully saturated rings. The first kappa shape index (κ1) is 76.2. The number of ether oxygens (including phenoxy) is 5. The molecule has 37 heteroatoms. The molecule has 556 valence electrons. The highest BCUT2D eigenvalue weighted by Gasteiger charge is 2.56. The maximum absolute atomic E-state index is 15.4. The van der Waals surface area contributed by atoms with E-state index in [0.29, 0.717) is 11.1 Å². The fourth-order valence-electron chi connectivity index (χ4n) is 13.1. The molecule has 10 rings (SSSR count). The number of nitrogens with zero attached hydrogens (tertiary/aromatic N) is 3. The molecular weight excluding hydrogens is 1350 g/mol. The first-order chi connectivity index (χ1) is 48.7. The number of hydrogen-bond acceptors (Lipinski definition) is 29. The number of nitrogens with one attached hydrogen (secondary N) is 8. The number of rotatable bonds is 19. The van der Waals surface area contributed by atoms with Crippen LogP contribution in [-0.2, 0) is 60.7 Å². The van der Waals surface area contributed by atoms with Gasteiger partial charge in [0.15, 0.2) is 24.4 Å². The molecule has 4 aromatic carbocycles. The smallest absolute Gasteiger partial charge is 0.246 e. The van der Waals surface area contributed by atoms with E-state index in [1.165, 1.54) is 29.2 Å². The summed E-state index contributed by atoms with van der Waals surface area (Å²) in [5.74, 6) is -9.12. The minimum absolute atomic E-state index is 0.0790. The zero-order chi connectivity index (χ0) is 73.5. The van der Waals surface area contributed by atoms with Gasteiger partial charge in [-0.3, -0.25) is 39.2 Å². The van der Waals surface area contributed by atoms with E-state index in [9.17, 15) is 91.3 Å². The number of guanidine groups is 2. The van der Waals surface area contributed by atoms with Gasteiger partial charge in [-0.15, -0.1) is 0 Å². The molecule has 6 aliphatic heterocycles. The van der Waals surface area contributed by atoms with Gasteiger partial charge in [-0.25, -0.2) is 0 Å². The zero-order valence-corrected chi connectivity index (χ0v) is 54.7. The van der Waals surface area contributed by atoms with Gasteiger partial charge in [0.2, 0.25) is 41.7 Å². The van der Waals surface area contributed by atoms with Crippen LogP contribution in [0.15, 0.2) is 102 Å². The number of aliphatic hydroxyl groups is 14. The van der Waals surface area contributed by atoms with Gasteiger partial charge >= 0.3 is 0 Å². The van der Waals surface area contributed by atoms with Gasteiger partial charge < -0.3 is 148 Å². The van der Waals surface area contributed by atoms with Crippen molar-refractivity contribution in [3.63, 3.8) is 0 Å². The predicted molar refractivity (Wildman–Crippen MR) is 349 cm³/mol. The number of carbonyl (C=O) groups excluding carboxylic acids is 6. The Morgan fingerprint density at radius 3 is 1.81 bits per heavy atom. The summed E-state index contributed by atoms with van der Waals surface area (Å²) in [7, 11) is 0. The molecule has 6 heterocycles. The van der Waals surface area contributed by atoms with E-state index < -0.39 is 240 Å². The van der Waals surface area contributed by atoms with Crippen molar-refractivity contribution in [2.75, 3.05) is 46.1 Å². The van der Waals surface area contributed by atoms with Crippen molar-refractivity contribution in [3.8, 4) is 5.75 Å². The fourth-order valence-corrected chi connectivity index (χ4v) is 13.1. The van der Waals surface area contributed by atoms with E-state index in [0.717, 1.165) is 15.7 Å².